The monoisotopic (exact) mass is 342 g/mol. The van der Waals surface area contributed by atoms with Gasteiger partial charge in [0, 0.05) is 30.7 Å². The lowest BCUT2D eigenvalue weighted by Crippen LogP contribution is -2.44. The lowest BCUT2D eigenvalue weighted by atomic mass is 10.0. The Morgan fingerprint density at radius 3 is 2.69 bits per heavy atom. The van der Waals surface area contributed by atoms with Gasteiger partial charge in [0.25, 0.3) is 0 Å². The van der Waals surface area contributed by atoms with Gasteiger partial charge in [0.05, 0.1) is 17.7 Å². The van der Waals surface area contributed by atoms with Gasteiger partial charge in [0.15, 0.2) is 0 Å². The summed E-state index contributed by atoms with van der Waals surface area (Å²) in [6.07, 6.45) is 2.05. The maximum Gasteiger partial charge on any atom is 0.322 e. The van der Waals surface area contributed by atoms with E-state index in [2.05, 4.69) is 28.2 Å². The summed E-state index contributed by atoms with van der Waals surface area (Å²) in [6, 6.07) is 22.9. The minimum absolute atomic E-state index is 0.140. The summed E-state index contributed by atoms with van der Waals surface area (Å²) in [7, 11) is 0. The van der Waals surface area contributed by atoms with E-state index in [0.717, 1.165) is 17.8 Å². The molecule has 0 unspecified atom stereocenters. The Bertz CT molecular complexity index is 971. The Labute approximate surface area is 152 Å². The van der Waals surface area contributed by atoms with Crippen LogP contribution < -0.4 is 5.32 Å². The van der Waals surface area contributed by atoms with Crippen molar-refractivity contribution in [1.82, 2.24) is 9.47 Å². The third-order valence-corrected chi connectivity index (χ3v) is 4.66. The van der Waals surface area contributed by atoms with Gasteiger partial charge < -0.3 is 14.8 Å². The molecule has 1 atom stereocenters. The SMILES string of the molecule is N#Cc1cccc(NC(=O)N2CCn3cccc3[C@H]2c2ccccc2)c1. The van der Waals surface area contributed by atoms with Crippen LogP contribution in [0.2, 0.25) is 0 Å². The summed E-state index contributed by atoms with van der Waals surface area (Å²) in [6.45, 7) is 1.38. The predicted molar refractivity (Wildman–Crippen MR) is 99.6 cm³/mol. The molecule has 5 nitrogen and oxygen atoms in total. The number of anilines is 1. The van der Waals surface area contributed by atoms with Crippen molar-refractivity contribution in [2.75, 3.05) is 11.9 Å². The molecule has 5 heteroatoms. The number of carbonyl (C=O) groups excluding carboxylic acids is 1. The third-order valence-electron chi connectivity index (χ3n) is 4.66. The van der Waals surface area contributed by atoms with Crippen LogP contribution in [0.5, 0.6) is 0 Å². The summed E-state index contributed by atoms with van der Waals surface area (Å²) in [5, 5.41) is 12.0. The zero-order chi connectivity index (χ0) is 17.9. The average Bonchev–Trinajstić information content (AvgIpc) is 3.16. The maximum atomic E-state index is 13.0. The van der Waals surface area contributed by atoms with Gasteiger partial charge >= 0.3 is 6.03 Å². The van der Waals surface area contributed by atoms with Crippen LogP contribution in [0.4, 0.5) is 10.5 Å². The fourth-order valence-electron chi connectivity index (χ4n) is 3.45. The quantitative estimate of drug-likeness (QED) is 0.765. The van der Waals surface area contributed by atoms with Gasteiger partial charge in [-0.1, -0.05) is 36.4 Å². The zero-order valence-electron chi connectivity index (χ0n) is 14.2. The van der Waals surface area contributed by atoms with Crippen LogP contribution in [-0.4, -0.2) is 22.0 Å². The molecule has 0 spiro atoms. The fraction of sp³-hybridized carbons (Fsp3) is 0.143. The van der Waals surface area contributed by atoms with Crippen molar-refractivity contribution < 1.29 is 4.79 Å². The molecule has 26 heavy (non-hydrogen) atoms. The van der Waals surface area contributed by atoms with Crippen LogP contribution >= 0.6 is 0 Å². The van der Waals surface area contributed by atoms with Crippen molar-refractivity contribution in [2.45, 2.75) is 12.6 Å². The van der Waals surface area contributed by atoms with Gasteiger partial charge in [0.2, 0.25) is 0 Å². The Balaban J connectivity index is 1.66. The summed E-state index contributed by atoms with van der Waals surface area (Å²) < 4.78 is 2.19. The van der Waals surface area contributed by atoms with Gasteiger partial charge in [-0.2, -0.15) is 5.26 Å². The van der Waals surface area contributed by atoms with Gasteiger partial charge in [-0.3, -0.25) is 0 Å². The highest BCUT2D eigenvalue weighted by Crippen LogP contribution is 2.32. The normalized spacial score (nSPS) is 15.8. The highest BCUT2D eigenvalue weighted by molar-refractivity contribution is 5.90. The number of benzene rings is 2. The summed E-state index contributed by atoms with van der Waals surface area (Å²) >= 11 is 0. The lowest BCUT2D eigenvalue weighted by Gasteiger charge is -2.37. The van der Waals surface area contributed by atoms with Crippen LogP contribution in [0.25, 0.3) is 0 Å². The number of nitrogens with zero attached hydrogens (tertiary/aromatic N) is 3. The summed E-state index contributed by atoms with van der Waals surface area (Å²) in [4.78, 5) is 14.9. The van der Waals surface area contributed by atoms with E-state index in [4.69, 9.17) is 5.26 Å². The number of nitriles is 1. The van der Waals surface area contributed by atoms with Crippen molar-refractivity contribution in [3.8, 4) is 6.07 Å². The molecule has 2 heterocycles. The minimum Gasteiger partial charge on any atom is -0.348 e. The second-order valence-electron chi connectivity index (χ2n) is 6.26. The number of nitrogens with one attached hydrogen (secondary N) is 1. The Morgan fingerprint density at radius 2 is 1.88 bits per heavy atom. The minimum atomic E-state index is -0.165. The highest BCUT2D eigenvalue weighted by Gasteiger charge is 2.32. The van der Waals surface area contributed by atoms with E-state index in [-0.39, 0.29) is 12.1 Å². The van der Waals surface area contributed by atoms with Gasteiger partial charge in [-0.05, 0) is 35.9 Å². The van der Waals surface area contributed by atoms with E-state index in [0.29, 0.717) is 17.8 Å². The van der Waals surface area contributed by atoms with E-state index in [1.807, 2.05) is 41.3 Å². The van der Waals surface area contributed by atoms with Crippen LogP contribution in [0.1, 0.15) is 22.9 Å². The largest absolute Gasteiger partial charge is 0.348 e. The van der Waals surface area contributed by atoms with Crippen LogP contribution in [0.15, 0.2) is 72.9 Å². The predicted octanol–water partition coefficient (Wildman–Crippen LogP) is 4.00. The van der Waals surface area contributed by atoms with Gasteiger partial charge in [-0.25, -0.2) is 4.79 Å². The number of hydrogen-bond donors (Lipinski definition) is 1. The number of aromatic nitrogens is 1. The molecule has 1 aliphatic rings. The molecular weight excluding hydrogens is 324 g/mol. The first-order chi connectivity index (χ1) is 12.8. The van der Waals surface area contributed by atoms with Crippen LogP contribution in [0.3, 0.4) is 0 Å². The molecule has 2 aromatic carbocycles. The van der Waals surface area contributed by atoms with Gasteiger partial charge in [-0.15, -0.1) is 0 Å². The first kappa shape index (κ1) is 16.0. The highest BCUT2D eigenvalue weighted by atomic mass is 16.2. The van der Waals surface area contributed by atoms with Crippen molar-refractivity contribution in [3.63, 3.8) is 0 Å². The molecule has 0 saturated heterocycles. The first-order valence-corrected chi connectivity index (χ1v) is 8.54. The van der Waals surface area contributed by atoms with Crippen molar-refractivity contribution in [3.05, 3.63) is 89.7 Å². The number of urea groups is 1. The molecule has 4 rings (SSSR count). The second kappa shape index (κ2) is 6.77. The molecule has 1 aliphatic heterocycles. The van der Waals surface area contributed by atoms with Crippen LogP contribution in [0, 0.1) is 11.3 Å². The summed E-state index contributed by atoms with van der Waals surface area (Å²) in [5.74, 6) is 0. The Hall–Kier alpha value is -3.52. The van der Waals surface area contributed by atoms with E-state index in [1.54, 1.807) is 24.3 Å². The number of hydrogen-bond acceptors (Lipinski definition) is 2. The topological polar surface area (TPSA) is 61.1 Å². The Morgan fingerprint density at radius 1 is 1.04 bits per heavy atom. The number of carbonyl (C=O) groups is 1. The molecule has 2 amide bonds. The molecule has 0 fully saturated rings. The molecule has 1 aromatic heterocycles. The number of fused-ring (bicyclic) bond motifs is 1. The lowest BCUT2D eigenvalue weighted by molar-refractivity contribution is 0.182. The second-order valence-corrected chi connectivity index (χ2v) is 6.26. The third kappa shape index (κ3) is 2.93. The number of rotatable bonds is 2. The van der Waals surface area contributed by atoms with E-state index in [1.165, 1.54) is 0 Å². The zero-order valence-corrected chi connectivity index (χ0v) is 14.2. The van der Waals surface area contributed by atoms with Crippen molar-refractivity contribution in [1.29, 1.82) is 5.26 Å². The standard InChI is InChI=1S/C21H18N4O/c22-15-16-6-4-9-18(14-16)23-21(26)25-13-12-24-11-5-10-19(24)20(25)17-7-2-1-3-8-17/h1-11,14,20H,12-13H2,(H,23,26)/t20-/m1/s1. The average molecular weight is 342 g/mol. The van der Waals surface area contributed by atoms with E-state index >= 15 is 0 Å². The molecular formula is C21H18N4O. The first-order valence-electron chi connectivity index (χ1n) is 8.54. The smallest absolute Gasteiger partial charge is 0.322 e. The molecule has 0 radical (unpaired) electrons. The van der Waals surface area contributed by atoms with E-state index in [9.17, 15) is 4.79 Å². The molecule has 128 valence electrons. The maximum absolute atomic E-state index is 13.0. The molecule has 3 aromatic rings. The molecule has 0 saturated carbocycles. The number of amides is 2. The fourth-order valence-corrected chi connectivity index (χ4v) is 3.45. The van der Waals surface area contributed by atoms with E-state index < -0.39 is 0 Å². The molecule has 1 N–H and O–H groups in total. The van der Waals surface area contributed by atoms with Crippen molar-refractivity contribution in [2.24, 2.45) is 0 Å². The molecule has 0 aliphatic carbocycles. The molecule has 0 bridgehead atoms. The van der Waals surface area contributed by atoms with Crippen molar-refractivity contribution >= 4 is 11.7 Å². The Kier molecular flexibility index (Phi) is 4.16. The van der Waals surface area contributed by atoms with Crippen LogP contribution in [-0.2, 0) is 6.54 Å². The van der Waals surface area contributed by atoms with Gasteiger partial charge in [0.1, 0.15) is 0 Å². The summed E-state index contributed by atoms with van der Waals surface area (Å²) in [5.41, 5.74) is 3.33.